The molecule has 1 aromatic heterocycles. The second-order valence-corrected chi connectivity index (χ2v) is 5.01. The molecule has 110 valence electrons. The number of benzene rings is 1. The number of fused-ring (bicyclic) bond motifs is 1. The Hall–Kier alpha value is -2.63. The summed E-state index contributed by atoms with van der Waals surface area (Å²) in [6, 6.07) is 7.30. The molecular formula is C15H18N4O2. The van der Waals surface area contributed by atoms with Gasteiger partial charge in [-0.2, -0.15) is 0 Å². The highest BCUT2D eigenvalue weighted by Gasteiger charge is 2.13. The number of anilines is 1. The molecule has 0 aliphatic heterocycles. The Morgan fingerprint density at radius 1 is 1.24 bits per heavy atom. The van der Waals surface area contributed by atoms with Crippen LogP contribution in [0.4, 0.5) is 5.82 Å². The first-order valence-electron chi connectivity index (χ1n) is 6.70. The van der Waals surface area contributed by atoms with E-state index < -0.39 is 0 Å². The predicted octanol–water partition coefficient (Wildman–Crippen LogP) is 1.07. The number of pyridine rings is 1. The molecule has 0 aliphatic carbocycles. The van der Waals surface area contributed by atoms with Gasteiger partial charge in [0.2, 0.25) is 5.91 Å². The maximum atomic E-state index is 12.2. The fourth-order valence-electron chi connectivity index (χ4n) is 2.02. The molecule has 0 aliphatic rings. The lowest BCUT2D eigenvalue weighted by atomic mass is 10.1. The van der Waals surface area contributed by atoms with Gasteiger partial charge in [0.05, 0.1) is 12.1 Å². The summed E-state index contributed by atoms with van der Waals surface area (Å²) in [4.78, 5) is 27.8. The molecule has 2 amide bonds. The lowest BCUT2D eigenvalue weighted by Gasteiger charge is -2.10. The zero-order valence-corrected chi connectivity index (χ0v) is 12.0. The number of nitrogens with one attached hydrogen (secondary N) is 2. The van der Waals surface area contributed by atoms with Crippen molar-refractivity contribution in [1.82, 2.24) is 15.6 Å². The van der Waals surface area contributed by atoms with Crippen LogP contribution in [-0.2, 0) is 4.79 Å². The van der Waals surface area contributed by atoms with Crippen molar-refractivity contribution in [3.05, 3.63) is 36.0 Å². The van der Waals surface area contributed by atoms with Crippen LogP contribution in [0.25, 0.3) is 10.8 Å². The highest BCUT2D eigenvalue weighted by atomic mass is 16.2. The maximum absolute atomic E-state index is 12.2. The normalized spacial score (nSPS) is 10.6. The fourth-order valence-corrected chi connectivity index (χ4v) is 2.02. The third-order valence-corrected chi connectivity index (χ3v) is 2.93. The van der Waals surface area contributed by atoms with Crippen molar-refractivity contribution in [2.75, 3.05) is 12.3 Å². The monoisotopic (exact) mass is 286 g/mol. The molecule has 0 saturated carbocycles. The summed E-state index contributed by atoms with van der Waals surface area (Å²) in [5.74, 6) is -0.205. The van der Waals surface area contributed by atoms with Crippen molar-refractivity contribution in [3.63, 3.8) is 0 Å². The summed E-state index contributed by atoms with van der Waals surface area (Å²) >= 11 is 0. The van der Waals surface area contributed by atoms with Gasteiger partial charge in [0.15, 0.2) is 0 Å². The van der Waals surface area contributed by atoms with Gasteiger partial charge in [-0.25, -0.2) is 4.98 Å². The van der Waals surface area contributed by atoms with Crippen molar-refractivity contribution in [1.29, 1.82) is 0 Å². The summed E-state index contributed by atoms with van der Waals surface area (Å²) in [5.41, 5.74) is 6.20. The van der Waals surface area contributed by atoms with Crippen molar-refractivity contribution in [3.8, 4) is 0 Å². The van der Waals surface area contributed by atoms with Crippen molar-refractivity contribution >= 4 is 28.4 Å². The lowest BCUT2D eigenvalue weighted by molar-refractivity contribution is -0.120. The number of aromatic nitrogens is 1. The van der Waals surface area contributed by atoms with Crippen molar-refractivity contribution in [2.24, 2.45) is 0 Å². The standard InChI is InChI=1S/C15H18N4O2/c1-9(2)19-13(20)8-18-15(21)12-7-17-14(16)11-6-4-3-5-10(11)12/h3-7,9H,8H2,1-2H3,(H2,16,17)(H,18,21)(H,19,20). The van der Waals surface area contributed by atoms with Crippen molar-refractivity contribution in [2.45, 2.75) is 19.9 Å². The van der Waals surface area contributed by atoms with Gasteiger partial charge >= 0.3 is 0 Å². The molecule has 2 rings (SSSR count). The SMILES string of the molecule is CC(C)NC(=O)CNC(=O)c1cnc(N)c2ccccc12. The largest absolute Gasteiger partial charge is 0.383 e. The number of nitrogens with two attached hydrogens (primary N) is 1. The summed E-state index contributed by atoms with van der Waals surface area (Å²) < 4.78 is 0. The molecule has 0 atom stereocenters. The minimum atomic E-state index is -0.349. The topological polar surface area (TPSA) is 97.1 Å². The Bertz CT molecular complexity index is 682. The Balaban J connectivity index is 2.17. The number of carbonyl (C=O) groups is 2. The van der Waals surface area contributed by atoms with Crippen molar-refractivity contribution < 1.29 is 9.59 Å². The summed E-state index contributed by atoms with van der Waals surface area (Å²) in [7, 11) is 0. The molecule has 0 saturated heterocycles. The van der Waals surface area contributed by atoms with Gasteiger partial charge in [-0.3, -0.25) is 9.59 Å². The molecule has 0 unspecified atom stereocenters. The molecule has 0 fully saturated rings. The van der Waals surface area contributed by atoms with E-state index >= 15 is 0 Å². The van der Waals surface area contributed by atoms with Crippen LogP contribution < -0.4 is 16.4 Å². The van der Waals surface area contributed by atoms with Gasteiger partial charge in [-0.1, -0.05) is 24.3 Å². The van der Waals surface area contributed by atoms with Crippen LogP contribution in [0.2, 0.25) is 0 Å². The van der Waals surface area contributed by atoms with Gasteiger partial charge in [0, 0.05) is 17.6 Å². The number of rotatable bonds is 4. The van der Waals surface area contributed by atoms with E-state index in [-0.39, 0.29) is 24.4 Å². The minimum Gasteiger partial charge on any atom is -0.383 e. The van der Waals surface area contributed by atoms with E-state index in [1.807, 2.05) is 26.0 Å². The molecule has 0 spiro atoms. The molecule has 2 aromatic rings. The Labute approximate surface area is 122 Å². The summed E-state index contributed by atoms with van der Waals surface area (Å²) in [5, 5.41) is 6.72. The number of hydrogen-bond acceptors (Lipinski definition) is 4. The molecule has 0 radical (unpaired) electrons. The maximum Gasteiger partial charge on any atom is 0.253 e. The van der Waals surface area contributed by atoms with E-state index in [1.165, 1.54) is 6.20 Å². The fraction of sp³-hybridized carbons (Fsp3) is 0.267. The first-order chi connectivity index (χ1) is 9.99. The van der Waals surface area contributed by atoms with Gasteiger partial charge < -0.3 is 16.4 Å². The van der Waals surface area contributed by atoms with E-state index in [0.717, 1.165) is 5.39 Å². The second-order valence-electron chi connectivity index (χ2n) is 5.01. The van der Waals surface area contributed by atoms with Gasteiger partial charge in [0.1, 0.15) is 5.82 Å². The Kier molecular flexibility index (Phi) is 4.37. The average Bonchev–Trinajstić information content (AvgIpc) is 2.45. The molecule has 1 aromatic carbocycles. The predicted molar refractivity (Wildman–Crippen MR) is 81.8 cm³/mol. The molecule has 6 heteroatoms. The molecule has 0 bridgehead atoms. The molecule has 4 N–H and O–H groups in total. The molecule has 6 nitrogen and oxygen atoms in total. The first-order valence-corrected chi connectivity index (χ1v) is 6.70. The Morgan fingerprint density at radius 3 is 2.57 bits per heavy atom. The van der Waals surface area contributed by atoms with Crippen LogP contribution in [0.3, 0.4) is 0 Å². The summed E-state index contributed by atoms with van der Waals surface area (Å²) in [6.07, 6.45) is 1.42. The minimum absolute atomic E-state index is 0.0356. The van der Waals surface area contributed by atoms with Crippen LogP contribution in [0.1, 0.15) is 24.2 Å². The van der Waals surface area contributed by atoms with Crippen LogP contribution in [0.15, 0.2) is 30.5 Å². The highest BCUT2D eigenvalue weighted by molar-refractivity contribution is 6.09. The van der Waals surface area contributed by atoms with Gasteiger partial charge in [0.25, 0.3) is 5.91 Å². The number of hydrogen-bond donors (Lipinski definition) is 3. The van der Waals surface area contributed by atoms with E-state index in [4.69, 9.17) is 5.73 Å². The summed E-state index contributed by atoms with van der Waals surface area (Å²) in [6.45, 7) is 3.64. The zero-order chi connectivity index (χ0) is 15.4. The van der Waals surface area contributed by atoms with Gasteiger partial charge in [-0.05, 0) is 19.2 Å². The second kappa shape index (κ2) is 6.21. The Morgan fingerprint density at radius 2 is 1.90 bits per heavy atom. The zero-order valence-electron chi connectivity index (χ0n) is 12.0. The molecule has 21 heavy (non-hydrogen) atoms. The molecule has 1 heterocycles. The third-order valence-electron chi connectivity index (χ3n) is 2.93. The third kappa shape index (κ3) is 3.47. The number of nitrogen functional groups attached to an aromatic ring is 1. The number of amides is 2. The highest BCUT2D eigenvalue weighted by Crippen LogP contribution is 2.22. The quantitative estimate of drug-likeness (QED) is 0.783. The first kappa shape index (κ1) is 14.8. The number of nitrogens with zero attached hydrogens (tertiary/aromatic N) is 1. The van der Waals surface area contributed by atoms with E-state index in [9.17, 15) is 9.59 Å². The van der Waals surface area contributed by atoms with Crippen LogP contribution in [0.5, 0.6) is 0 Å². The average molecular weight is 286 g/mol. The van der Waals surface area contributed by atoms with E-state index in [0.29, 0.717) is 16.8 Å². The van der Waals surface area contributed by atoms with Crippen LogP contribution in [-0.4, -0.2) is 29.4 Å². The molecular weight excluding hydrogens is 268 g/mol. The lowest BCUT2D eigenvalue weighted by Crippen LogP contribution is -2.39. The number of carbonyl (C=O) groups excluding carboxylic acids is 2. The smallest absolute Gasteiger partial charge is 0.253 e. The van der Waals surface area contributed by atoms with Crippen LogP contribution in [0, 0.1) is 0 Å². The van der Waals surface area contributed by atoms with E-state index in [2.05, 4.69) is 15.6 Å². The van der Waals surface area contributed by atoms with E-state index in [1.54, 1.807) is 12.1 Å². The van der Waals surface area contributed by atoms with Crippen LogP contribution >= 0.6 is 0 Å². The van der Waals surface area contributed by atoms with Gasteiger partial charge in [-0.15, -0.1) is 0 Å².